The number of anilines is 1. The van der Waals surface area contributed by atoms with E-state index in [1.54, 1.807) is 18.2 Å². The van der Waals surface area contributed by atoms with Gasteiger partial charge in [0.05, 0.1) is 5.69 Å². The summed E-state index contributed by atoms with van der Waals surface area (Å²) in [5, 5.41) is 2.68. The summed E-state index contributed by atoms with van der Waals surface area (Å²) in [6.45, 7) is 7.52. The molecule has 0 bridgehead atoms. The van der Waals surface area contributed by atoms with Crippen LogP contribution in [-0.2, 0) is 4.79 Å². The number of nitrogens with one attached hydrogen (secondary N) is 1. The second-order valence-electron chi connectivity index (χ2n) is 7.60. The lowest BCUT2D eigenvalue weighted by molar-refractivity contribution is -0.116. The number of rotatable bonds is 5. The van der Waals surface area contributed by atoms with E-state index < -0.39 is 0 Å². The fourth-order valence-corrected chi connectivity index (χ4v) is 4.45. The first-order valence-electron chi connectivity index (χ1n) is 9.58. The summed E-state index contributed by atoms with van der Waals surface area (Å²) in [5.74, 6) is -0.499. The van der Waals surface area contributed by atoms with Crippen molar-refractivity contribution in [2.45, 2.75) is 64.1 Å². The monoisotopic (exact) mass is 347 g/mol. The Balaban J connectivity index is 1.48. The molecule has 0 spiro atoms. The van der Waals surface area contributed by atoms with Crippen LogP contribution in [0.5, 0.6) is 0 Å². The maximum atomic E-state index is 13.6. The maximum Gasteiger partial charge on any atom is 0.225 e. The standard InChI is InChI=1S/C20H30FN3O/c1-15-9-10-16(2)24(15)17-6-5-12-23(14-17)13-11-20(25)22-19-8-4-3-7-18(19)21/h3-4,7-8,15-17H,5-6,9-14H2,1-2H3,(H,22,25)/t15-,16+,17-/m1/s1. The summed E-state index contributed by atoms with van der Waals surface area (Å²) >= 11 is 0. The van der Waals surface area contributed by atoms with E-state index in [-0.39, 0.29) is 17.4 Å². The van der Waals surface area contributed by atoms with Crippen LogP contribution in [0.15, 0.2) is 24.3 Å². The Morgan fingerprint density at radius 2 is 1.92 bits per heavy atom. The summed E-state index contributed by atoms with van der Waals surface area (Å²) in [5.41, 5.74) is 0.267. The maximum absolute atomic E-state index is 13.6. The number of benzene rings is 1. The molecule has 1 N–H and O–H groups in total. The molecule has 5 heteroatoms. The second kappa shape index (κ2) is 8.28. The van der Waals surface area contributed by atoms with Gasteiger partial charge in [-0.05, 0) is 58.2 Å². The van der Waals surface area contributed by atoms with Crippen LogP contribution in [0.2, 0.25) is 0 Å². The molecule has 4 nitrogen and oxygen atoms in total. The first kappa shape index (κ1) is 18.3. The van der Waals surface area contributed by atoms with Gasteiger partial charge in [-0.3, -0.25) is 9.69 Å². The van der Waals surface area contributed by atoms with Crippen LogP contribution in [0.3, 0.4) is 0 Å². The Kier molecular flexibility index (Phi) is 6.07. The molecule has 0 aromatic heterocycles. The minimum absolute atomic E-state index is 0.116. The van der Waals surface area contributed by atoms with Gasteiger partial charge in [0, 0.05) is 37.6 Å². The molecule has 25 heavy (non-hydrogen) atoms. The smallest absolute Gasteiger partial charge is 0.225 e. The van der Waals surface area contributed by atoms with E-state index in [1.807, 2.05) is 0 Å². The molecule has 0 radical (unpaired) electrons. The number of para-hydroxylation sites is 1. The molecule has 2 aliphatic heterocycles. The predicted octanol–water partition coefficient (Wildman–Crippen LogP) is 3.49. The molecule has 0 aliphatic carbocycles. The highest BCUT2D eigenvalue weighted by molar-refractivity contribution is 5.90. The predicted molar refractivity (Wildman–Crippen MR) is 99.1 cm³/mol. The van der Waals surface area contributed by atoms with E-state index in [4.69, 9.17) is 0 Å². The Labute approximate surface area is 150 Å². The average molecular weight is 347 g/mol. The largest absolute Gasteiger partial charge is 0.324 e. The van der Waals surface area contributed by atoms with Gasteiger partial charge in [-0.25, -0.2) is 4.39 Å². The molecule has 138 valence electrons. The van der Waals surface area contributed by atoms with Gasteiger partial charge in [-0.2, -0.15) is 0 Å². The highest BCUT2D eigenvalue weighted by Gasteiger charge is 2.35. The Bertz CT molecular complexity index is 584. The molecule has 2 saturated heterocycles. The molecular weight excluding hydrogens is 317 g/mol. The molecule has 2 fully saturated rings. The molecule has 0 saturated carbocycles. The van der Waals surface area contributed by atoms with E-state index >= 15 is 0 Å². The number of carbonyl (C=O) groups is 1. The van der Waals surface area contributed by atoms with Crippen LogP contribution < -0.4 is 5.32 Å². The van der Waals surface area contributed by atoms with E-state index in [2.05, 4.69) is 29.0 Å². The third kappa shape index (κ3) is 4.59. The lowest BCUT2D eigenvalue weighted by atomic mass is 10.0. The summed E-state index contributed by atoms with van der Waals surface area (Å²) in [7, 11) is 0. The molecule has 1 aromatic rings. The van der Waals surface area contributed by atoms with E-state index in [0.717, 1.165) is 19.6 Å². The van der Waals surface area contributed by atoms with Crippen molar-refractivity contribution in [3.63, 3.8) is 0 Å². The number of nitrogens with zero attached hydrogens (tertiary/aromatic N) is 2. The summed E-state index contributed by atoms with van der Waals surface area (Å²) < 4.78 is 13.6. The van der Waals surface area contributed by atoms with Crippen molar-refractivity contribution in [2.24, 2.45) is 0 Å². The Morgan fingerprint density at radius 1 is 1.20 bits per heavy atom. The van der Waals surface area contributed by atoms with Gasteiger partial charge >= 0.3 is 0 Å². The quantitative estimate of drug-likeness (QED) is 0.886. The summed E-state index contributed by atoms with van der Waals surface area (Å²) in [4.78, 5) is 17.2. The van der Waals surface area contributed by atoms with Gasteiger partial charge in [-0.15, -0.1) is 0 Å². The van der Waals surface area contributed by atoms with Crippen LogP contribution in [0.1, 0.15) is 46.0 Å². The molecule has 1 amide bonds. The van der Waals surface area contributed by atoms with Crippen molar-refractivity contribution >= 4 is 11.6 Å². The molecule has 0 unspecified atom stereocenters. The highest BCUT2D eigenvalue weighted by Crippen LogP contribution is 2.29. The topological polar surface area (TPSA) is 35.6 Å². The van der Waals surface area contributed by atoms with Crippen LogP contribution in [0, 0.1) is 5.82 Å². The molecule has 3 rings (SSSR count). The zero-order chi connectivity index (χ0) is 17.8. The van der Waals surface area contributed by atoms with Gasteiger partial charge in [0.1, 0.15) is 5.82 Å². The van der Waals surface area contributed by atoms with Crippen molar-refractivity contribution in [2.75, 3.05) is 25.0 Å². The summed E-state index contributed by atoms with van der Waals surface area (Å²) in [6.07, 6.45) is 5.44. The van der Waals surface area contributed by atoms with Crippen LogP contribution >= 0.6 is 0 Å². The van der Waals surface area contributed by atoms with Gasteiger partial charge in [0.15, 0.2) is 0 Å². The van der Waals surface area contributed by atoms with Crippen LogP contribution in [-0.4, -0.2) is 53.5 Å². The normalized spacial score (nSPS) is 28.2. The fraction of sp³-hybridized carbons (Fsp3) is 0.650. The highest BCUT2D eigenvalue weighted by atomic mass is 19.1. The molecular formula is C20H30FN3O. The SMILES string of the molecule is C[C@@H]1CC[C@H](C)N1[C@@H]1CCCN(CCC(=O)Nc2ccccc2F)C1. The zero-order valence-corrected chi connectivity index (χ0v) is 15.4. The lowest BCUT2D eigenvalue weighted by Gasteiger charge is -2.41. The number of halogens is 1. The van der Waals surface area contributed by atoms with E-state index in [9.17, 15) is 9.18 Å². The third-order valence-electron chi connectivity index (χ3n) is 5.73. The average Bonchev–Trinajstić information content (AvgIpc) is 2.94. The number of carbonyl (C=O) groups excluding carboxylic acids is 1. The van der Waals surface area contributed by atoms with Crippen molar-refractivity contribution in [3.8, 4) is 0 Å². The van der Waals surface area contributed by atoms with Crippen molar-refractivity contribution in [3.05, 3.63) is 30.1 Å². The molecule has 3 atom stereocenters. The number of piperidine rings is 1. The fourth-order valence-electron chi connectivity index (χ4n) is 4.45. The minimum atomic E-state index is -0.383. The first-order valence-corrected chi connectivity index (χ1v) is 9.58. The number of hydrogen-bond acceptors (Lipinski definition) is 3. The van der Waals surface area contributed by atoms with Gasteiger partial charge < -0.3 is 10.2 Å². The van der Waals surface area contributed by atoms with Gasteiger partial charge in [0.2, 0.25) is 5.91 Å². The third-order valence-corrected chi connectivity index (χ3v) is 5.73. The molecule has 1 aromatic carbocycles. The lowest BCUT2D eigenvalue weighted by Crippen LogP contribution is -2.51. The molecule has 2 heterocycles. The number of amides is 1. The van der Waals surface area contributed by atoms with E-state index in [0.29, 0.717) is 24.5 Å². The van der Waals surface area contributed by atoms with Crippen LogP contribution in [0.4, 0.5) is 10.1 Å². The Hall–Kier alpha value is -1.46. The summed E-state index contributed by atoms with van der Waals surface area (Å²) in [6, 6.07) is 8.26. The van der Waals surface area contributed by atoms with Gasteiger partial charge in [-0.1, -0.05) is 12.1 Å². The zero-order valence-electron chi connectivity index (χ0n) is 15.4. The number of hydrogen-bond donors (Lipinski definition) is 1. The van der Waals surface area contributed by atoms with Crippen molar-refractivity contribution < 1.29 is 9.18 Å². The van der Waals surface area contributed by atoms with Crippen molar-refractivity contribution in [1.82, 2.24) is 9.80 Å². The number of likely N-dealkylation sites (tertiary alicyclic amines) is 2. The van der Waals surface area contributed by atoms with E-state index in [1.165, 1.54) is 31.7 Å². The first-order chi connectivity index (χ1) is 12.0. The van der Waals surface area contributed by atoms with Gasteiger partial charge in [0.25, 0.3) is 0 Å². The van der Waals surface area contributed by atoms with Crippen LogP contribution in [0.25, 0.3) is 0 Å². The Morgan fingerprint density at radius 3 is 2.64 bits per heavy atom. The minimum Gasteiger partial charge on any atom is -0.324 e. The molecule has 2 aliphatic rings. The van der Waals surface area contributed by atoms with Crippen molar-refractivity contribution in [1.29, 1.82) is 0 Å². The second-order valence-corrected chi connectivity index (χ2v) is 7.60.